The summed E-state index contributed by atoms with van der Waals surface area (Å²) in [4.78, 5) is 37.4. The summed E-state index contributed by atoms with van der Waals surface area (Å²) in [5, 5.41) is 13.4. The number of nitro groups is 1. The van der Waals surface area contributed by atoms with Crippen molar-refractivity contribution in [2.24, 2.45) is 0 Å². The third-order valence-electron chi connectivity index (χ3n) is 2.64. The van der Waals surface area contributed by atoms with Gasteiger partial charge in [-0.1, -0.05) is 17.7 Å². The molecule has 0 saturated carbocycles. The van der Waals surface area contributed by atoms with Crippen LogP contribution < -0.4 is 5.32 Å². The summed E-state index contributed by atoms with van der Waals surface area (Å²) in [6, 6.07) is 8.45. The molecule has 0 radical (unpaired) electrons. The van der Waals surface area contributed by atoms with Crippen LogP contribution in [0.15, 0.2) is 42.6 Å². The van der Waals surface area contributed by atoms with E-state index in [0.29, 0.717) is 0 Å². The minimum absolute atomic E-state index is 0.0433. The van der Waals surface area contributed by atoms with Crippen molar-refractivity contribution in [3.8, 4) is 0 Å². The van der Waals surface area contributed by atoms with E-state index in [1.54, 1.807) is 12.1 Å². The number of nitrogens with one attached hydrogen (secondary N) is 1. The summed E-state index contributed by atoms with van der Waals surface area (Å²) < 4.78 is 4.78. The van der Waals surface area contributed by atoms with E-state index < -0.39 is 23.4 Å². The molecule has 2 rings (SSSR count). The number of nitro benzene ring substituents is 1. The van der Waals surface area contributed by atoms with Crippen LogP contribution in [0.5, 0.6) is 0 Å². The molecule has 0 aliphatic heterocycles. The van der Waals surface area contributed by atoms with Crippen LogP contribution in [-0.2, 0) is 9.53 Å². The van der Waals surface area contributed by atoms with Crippen molar-refractivity contribution in [2.45, 2.75) is 0 Å². The van der Waals surface area contributed by atoms with Gasteiger partial charge in [0.1, 0.15) is 11.4 Å². The number of benzene rings is 1. The average molecular weight is 336 g/mol. The number of halogens is 1. The van der Waals surface area contributed by atoms with Crippen molar-refractivity contribution in [2.75, 3.05) is 11.9 Å². The molecule has 1 amide bonds. The molecular formula is C14H10ClN3O5. The summed E-state index contributed by atoms with van der Waals surface area (Å²) in [6.45, 7) is -0.602. The van der Waals surface area contributed by atoms with Crippen LogP contribution in [0, 0.1) is 10.1 Å². The van der Waals surface area contributed by atoms with Gasteiger partial charge in [0.25, 0.3) is 11.6 Å². The van der Waals surface area contributed by atoms with E-state index in [-0.39, 0.29) is 22.1 Å². The monoisotopic (exact) mass is 335 g/mol. The highest BCUT2D eigenvalue weighted by Crippen LogP contribution is 2.27. The maximum Gasteiger partial charge on any atom is 0.357 e. The fourth-order valence-corrected chi connectivity index (χ4v) is 1.80. The van der Waals surface area contributed by atoms with Crippen LogP contribution in [0.3, 0.4) is 0 Å². The third-order valence-corrected chi connectivity index (χ3v) is 2.87. The van der Waals surface area contributed by atoms with Gasteiger partial charge in [-0.15, -0.1) is 0 Å². The van der Waals surface area contributed by atoms with Crippen LogP contribution in [-0.4, -0.2) is 28.4 Å². The first-order chi connectivity index (χ1) is 11.0. The molecule has 0 aliphatic carbocycles. The third kappa shape index (κ3) is 4.48. The van der Waals surface area contributed by atoms with E-state index in [1.165, 1.54) is 24.4 Å². The maximum atomic E-state index is 11.7. The first-order valence-corrected chi connectivity index (χ1v) is 6.67. The minimum Gasteiger partial charge on any atom is -0.451 e. The quantitative estimate of drug-likeness (QED) is 0.510. The second kappa shape index (κ2) is 7.32. The van der Waals surface area contributed by atoms with Gasteiger partial charge in [0.15, 0.2) is 6.61 Å². The van der Waals surface area contributed by atoms with Crippen molar-refractivity contribution in [3.05, 3.63) is 63.4 Å². The number of carbonyl (C=O) groups excluding carboxylic acids is 2. The second-order valence-electron chi connectivity index (χ2n) is 4.26. The van der Waals surface area contributed by atoms with Crippen molar-refractivity contribution in [3.63, 3.8) is 0 Å². The number of rotatable bonds is 5. The average Bonchev–Trinajstić information content (AvgIpc) is 2.55. The Labute approximate surface area is 135 Å². The smallest absolute Gasteiger partial charge is 0.357 e. The summed E-state index contributed by atoms with van der Waals surface area (Å²) in [5.74, 6) is -1.49. The molecule has 0 unspecified atom stereocenters. The SMILES string of the molecule is O=C(COC(=O)c1ccccn1)Nc1ccc(Cl)cc1[N+](=O)[O-]. The van der Waals surface area contributed by atoms with Crippen molar-refractivity contribution >= 4 is 34.9 Å². The number of pyridine rings is 1. The first-order valence-electron chi connectivity index (χ1n) is 6.29. The van der Waals surface area contributed by atoms with Crippen LogP contribution in [0.25, 0.3) is 0 Å². The van der Waals surface area contributed by atoms with Gasteiger partial charge >= 0.3 is 5.97 Å². The molecule has 23 heavy (non-hydrogen) atoms. The lowest BCUT2D eigenvalue weighted by Gasteiger charge is -2.07. The molecule has 0 spiro atoms. The Morgan fingerprint density at radius 2 is 2.09 bits per heavy atom. The van der Waals surface area contributed by atoms with Gasteiger partial charge in [-0.2, -0.15) is 0 Å². The largest absolute Gasteiger partial charge is 0.451 e. The van der Waals surface area contributed by atoms with Gasteiger partial charge in [0.05, 0.1) is 4.92 Å². The lowest BCUT2D eigenvalue weighted by molar-refractivity contribution is -0.383. The van der Waals surface area contributed by atoms with Crippen molar-refractivity contribution in [1.82, 2.24) is 4.98 Å². The lowest BCUT2D eigenvalue weighted by Crippen LogP contribution is -2.21. The van der Waals surface area contributed by atoms with Crippen LogP contribution in [0.4, 0.5) is 11.4 Å². The molecule has 0 bridgehead atoms. The van der Waals surface area contributed by atoms with Gasteiger partial charge in [-0.25, -0.2) is 9.78 Å². The normalized spacial score (nSPS) is 9.96. The Hall–Kier alpha value is -3.00. The van der Waals surface area contributed by atoms with Crippen LogP contribution in [0.1, 0.15) is 10.5 Å². The fourth-order valence-electron chi connectivity index (χ4n) is 1.64. The van der Waals surface area contributed by atoms with E-state index in [0.717, 1.165) is 6.07 Å². The van der Waals surface area contributed by atoms with E-state index in [4.69, 9.17) is 16.3 Å². The van der Waals surface area contributed by atoms with Crippen molar-refractivity contribution < 1.29 is 19.2 Å². The topological polar surface area (TPSA) is 111 Å². The number of nitrogens with zero attached hydrogens (tertiary/aromatic N) is 2. The van der Waals surface area contributed by atoms with Gasteiger partial charge in [-0.3, -0.25) is 14.9 Å². The highest BCUT2D eigenvalue weighted by molar-refractivity contribution is 6.31. The number of hydrogen-bond donors (Lipinski definition) is 1. The Bertz CT molecular complexity index is 751. The van der Waals surface area contributed by atoms with E-state index in [9.17, 15) is 19.7 Å². The van der Waals surface area contributed by atoms with E-state index in [1.807, 2.05) is 0 Å². The van der Waals surface area contributed by atoms with E-state index in [2.05, 4.69) is 10.3 Å². The lowest BCUT2D eigenvalue weighted by atomic mass is 10.2. The molecule has 9 heteroatoms. The zero-order valence-electron chi connectivity index (χ0n) is 11.6. The number of amides is 1. The molecule has 1 heterocycles. The molecular weight excluding hydrogens is 326 g/mol. The van der Waals surface area contributed by atoms with Crippen molar-refractivity contribution in [1.29, 1.82) is 0 Å². The predicted molar refractivity (Wildman–Crippen MR) is 81.3 cm³/mol. The summed E-state index contributed by atoms with van der Waals surface area (Å²) in [5.41, 5.74) is -0.349. The van der Waals surface area contributed by atoms with Gasteiger partial charge in [0, 0.05) is 17.3 Å². The molecule has 0 aliphatic rings. The molecule has 118 valence electrons. The molecule has 1 N–H and O–H groups in total. The second-order valence-corrected chi connectivity index (χ2v) is 4.69. The number of ether oxygens (including phenoxy) is 1. The standard InChI is InChI=1S/C14H10ClN3O5/c15-9-4-5-10(12(7-9)18(21)22)17-13(19)8-23-14(20)11-3-1-2-6-16-11/h1-7H,8H2,(H,17,19). The Kier molecular flexibility index (Phi) is 5.21. The molecule has 8 nitrogen and oxygen atoms in total. The first kappa shape index (κ1) is 16.4. The van der Waals surface area contributed by atoms with Crippen LogP contribution in [0.2, 0.25) is 5.02 Å². The summed E-state index contributed by atoms with van der Waals surface area (Å²) in [6.07, 6.45) is 1.41. The van der Waals surface area contributed by atoms with Gasteiger partial charge in [-0.05, 0) is 24.3 Å². The maximum absolute atomic E-state index is 11.7. The molecule has 0 saturated heterocycles. The Balaban J connectivity index is 1.98. The number of anilines is 1. The Morgan fingerprint density at radius 3 is 2.74 bits per heavy atom. The Morgan fingerprint density at radius 1 is 1.30 bits per heavy atom. The zero-order valence-corrected chi connectivity index (χ0v) is 12.3. The molecule has 2 aromatic rings. The highest BCUT2D eigenvalue weighted by Gasteiger charge is 2.17. The number of aromatic nitrogens is 1. The summed E-state index contributed by atoms with van der Waals surface area (Å²) in [7, 11) is 0. The zero-order chi connectivity index (χ0) is 16.8. The molecule has 0 fully saturated rings. The van der Waals surface area contributed by atoms with Gasteiger partial charge in [0.2, 0.25) is 0 Å². The number of carbonyl (C=O) groups is 2. The fraction of sp³-hybridized carbons (Fsp3) is 0.0714. The molecule has 1 aromatic carbocycles. The molecule has 0 atom stereocenters. The van der Waals surface area contributed by atoms with Gasteiger partial charge < -0.3 is 10.1 Å². The highest BCUT2D eigenvalue weighted by atomic mass is 35.5. The number of hydrogen-bond acceptors (Lipinski definition) is 6. The predicted octanol–water partition coefficient (Wildman–Crippen LogP) is 2.44. The number of esters is 1. The molecule has 1 aromatic heterocycles. The van der Waals surface area contributed by atoms with E-state index >= 15 is 0 Å². The van der Waals surface area contributed by atoms with Crippen LogP contribution >= 0.6 is 11.6 Å². The minimum atomic E-state index is -0.772. The summed E-state index contributed by atoms with van der Waals surface area (Å²) >= 11 is 5.67.